The van der Waals surface area contributed by atoms with E-state index in [4.69, 9.17) is 5.11 Å². The van der Waals surface area contributed by atoms with Crippen molar-refractivity contribution in [1.82, 2.24) is 15.0 Å². The summed E-state index contributed by atoms with van der Waals surface area (Å²) >= 11 is 0. The van der Waals surface area contributed by atoms with E-state index in [2.05, 4.69) is 20.3 Å². The third kappa shape index (κ3) is 4.12. The van der Waals surface area contributed by atoms with Gasteiger partial charge in [-0.15, -0.1) is 0 Å². The summed E-state index contributed by atoms with van der Waals surface area (Å²) < 4.78 is 0. The maximum absolute atomic E-state index is 12.2. The van der Waals surface area contributed by atoms with Gasteiger partial charge in [-0.1, -0.05) is 48.5 Å². The van der Waals surface area contributed by atoms with Gasteiger partial charge in [0.2, 0.25) is 0 Å². The van der Waals surface area contributed by atoms with Gasteiger partial charge in [-0.3, -0.25) is 4.79 Å². The molecule has 33 heavy (non-hydrogen) atoms. The largest absolute Gasteiger partial charge is 0.478 e. The van der Waals surface area contributed by atoms with Crippen molar-refractivity contribution in [2.75, 3.05) is 11.9 Å². The first-order valence-corrected chi connectivity index (χ1v) is 10.4. The molecule has 162 valence electrons. The van der Waals surface area contributed by atoms with Gasteiger partial charge in [0, 0.05) is 17.7 Å². The molecule has 0 amide bonds. The number of carbonyl (C=O) groups is 1. The van der Waals surface area contributed by atoms with Crippen LogP contribution in [0.15, 0.2) is 89.2 Å². The Morgan fingerprint density at radius 2 is 1.61 bits per heavy atom. The maximum atomic E-state index is 12.2. The summed E-state index contributed by atoms with van der Waals surface area (Å²) in [5, 5.41) is 12.8. The molecule has 0 radical (unpaired) electrons. The normalized spacial score (nSPS) is 12.3. The van der Waals surface area contributed by atoms with Crippen molar-refractivity contribution >= 4 is 39.7 Å². The van der Waals surface area contributed by atoms with Crippen LogP contribution in [0.25, 0.3) is 39.4 Å². The molecule has 6 rings (SSSR count). The maximum Gasteiger partial charge on any atom is 0.333 e. The monoisotopic (exact) mass is 436 g/mol. The van der Waals surface area contributed by atoms with E-state index >= 15 is 0 Å². The lowest BCUT2D eigenvalue weighted by molar-refractivity contribution is -0.132. The molecule has 7 heteroatoms. The van der Waals surface area contributed by atoms with Crippen LogP contribution in [0.3, 0.4) is 0 Å². The standard InChI is InChI=1S/C16H11N3O.C10H9NO2/c20-16-11(9-10-5-1-2-6-12(10)19-16)15-17-13-7-3-4-8-14(13)18-15;12-10(13)8-5-7-3-1-2-4-9(7)11-6-8/h1-9H,(H,17,18)(H,19,20);1-5,11H,6H2,(H,12,13). The van der Waals surface area contributed by atoms with E-state index in [1.165, 1.54) is 0 Å². The molecule has 4 N–H and O–H groups in total. The Morgan fingerprint density at radius 3 is 2.42 bits per heavy atom. The van der Waals surface area contributed by atoms with Crippen molar-refractivity contribution in [3.05, 3.63) is 100 Å². The van der Waals surface area contributed by atoms with Crippen LogP contribution in [0.5, 0.6) is 0 Å². The van der Waals surface area contributed by atoms with E-state index in [0.29, 0.717) is 23.5 Å². The van der Waals surface area contributed by atoms with Crippen LogP contribution >= 0.6 is 0 Å². The Morgan fingerprint density at radius 1 is 0.879 bits per heavy atom. The molecule has 0 saturated heterocycles. The zero-order valence-electron chi connectivity index (χ0n) is 17.5. The molecule has 0 atom stereocenters. The fraction of sp³-hybridized carbons (Fsp3) is 0.0385. The average molecular weight is 436 g/mol. The van der Waals surface area contributed by atoms with Gasteiger partial charge in [-0.2, -0.15) is 0 Å². The van der Waals surface area contributed by atoms with Crippen molar-refractivity contribution in [1.29, 1.82) is 0 Å². The number of hydrogen-bond acceptors (Lipinski definition) is 4. The number of carboxylic acid groups (broad SMARTS) is 1. The van der Waals surface area contributed by atoms with E-state index in [9.17, 15) is 9.59 Å². The number of nitrogens with one attached hydrogen (secondary N) is 3. The lowest BCUT2D eigenvalue weighted by Gasteiger charge is -2.15. The fourth-order valence-corrected chi connectivity index (χ4v) is 3.75. The Hall–Kier alpha value is -4.65. The number of aromatic amines is 2. The Labute approximate surface area is 188 Å². The van der Waals surface area contributed by atoms with Crippen molar-refractivity contribution in [2.45, 2.75) is 0 Å². The van der Waals surface area contributed by atoms with Crippen LogP contribution in [0.2, 0.25) is 0 Å². The van der Waals surface area contributed by atoms with E-state index in [1.54, 1.807) is 6.08 Å². The second-order valence-electron chi connectivity index (χ2n) is 7.62. The van der Waals surface area contributed by atoms with Gasteiger partial charge < -0.3 is 20.4 Å². The molecule has 0 spiro atoms. The highest BCUT2D eigenvalue weighted by Gasteiger charge is 2.13. The number of nitrogens with zero attached hydrogens (tertiary/aromatic N) is 1. The molecular weight excluding hydrogens is 416 g/mol. The molecule has 0 saturated carbocycles. The highest BCUT2D eigenvalue weighted by atomic mass is 16.4. The predicted molar refractivity (Wildman–Crippen MR) is 130 cm³/mol. The third-order valence-electron chi connectivity index (χ3n) is 5.43. The number of anilines is 1. The number of rotatable bonds is 2. The van der Waals surface area contributed by atoms with Crippen LogP contribution in [0, 0.1) is 0 Å². The topological polar surface area (TPSA) is 111 Å². The Bertz CT molecular complexity index is 1550. The van der Waals surface area contributed by atoms with Crippen LogP contribution < -0.4 is 10.9 Å². The highest BCUT2D eigenvalue weighted by Crippen LogP contribution is 2.23. The number of aromatic nitrogens is 3. The molecule has 1 aliphatic rings. The predicted octanol–water partition coefficient (Wildman–Crippen LogP) is 4.65. The zero-order chi connectivity index (χ0) is 22.8. The molecule has 0 fully saturated rings. The lowest BCUT2D eigenvalue weighted by Crippen LogP contribution is -2.16. The first-order chi connectivity index (χ1) is 16.1. The van der Waals surface area contributed by atoms with Gasteiger partial charge in [0.25, 0.3) is 5.56 Å². The van der Waals surface area contributed by atoms with E-state index < -0.39 is 5.97 Å². The molecule has 0 bridgehead atoms. The van der Waals surface area contributed by atoms with Gasteiger partial charge in [-0.25, -0.2) is 9.78 Å². The van der Waals surface area contributed by atoms with Gasteiger partial charge >= 0.3 is 5.97 Å². The summed E-state index contributed by atoms with van der Waals surface area (Å²) in [6.07, 6.45) is 1.70. The summed E-state index contributed by atoms with van der Waals surface area (Å²) in [6.45, 7) is 0.395. The quantitative estimate of drug-likeness (QED) is 0.322. The van der Waals surface area contributed by atoms with E-state index in [1.807, 2.05) is 78.9 Å². The molecule has 3 aromatic carbocycles. The van der Waals surface area contributed by atoms with Crippen molar-refractivity contribution in [3.8, 4) is 11.4 Å². The molecule has 0 aliphatic carbocycles. The number of H-pyrrole nitrogens is 2. The summed E-state index contributed by atoms with van der Waals surface area (Å²) in [5.41, 5.74) is 5.36. The molecule has 7 nitrogen and oxygen atoms in total. The molecular formula is C26H20N4O3. The number of imidazole rings is 1. The van der Waals surface area contributed by atoms with E-state index in [-0.39, 0.29) is 5.56 Å². The zero-order valence-corrected chi connectivity index (χ0v) is 17.5. The van der Waals surface area contributed by atoms with Gasteiger partial charge in [-0.05, 0) is 47.4 Å². The molecule has 1 aliphatic heterocycles. The summed E-state index contributed by atoms with van der Waals surface area (Å²) in [7, 11) is 0. The number of pyridine rings is 1. The third-order valence-corrected chi connectivity index (χ3v) is 5.43. The van der Waals surface area contributed by atoms with E-state index in [0.717, 1.165) is 33.2 Å². The number of aliphatic carboxylic acids is 1. The second kappa shape index (κ2) is 8.47. The van der Waals surface area contributed by atoms with Crippen LogP contribution in [0.1, 0.15) is 5.56 Å². The molecule has 5 aromatic rings. The van der Waals surface area contributed by atoms with Crippen molar-refractivity contribution in [3.63, 3.8) is 0 Å². The minimum Gasteiger partial charge on any atom is -0.478 e. The first kappa shape index (κ1) is 20.3. The Kier molecular flexibility index (Phi) is 5.20. The number of benzene rings is 3. The summed E-state index contributed by atoms with van der Waals surface area (Å²) in [5.74, 6) is -0.264. The highest BCUT2D eigenvalue weighted by molar-refractivity contribution is 5.96. The molecule has 3 heterocycles. The van der Waals surface area contributed by atoms with Crippen molar-refractivity contribution < 1.29 is 9.90 Å². The van der Waals surface area contributed by atoms with Gasteiger partial charge in [0.05, 0.1) is 22.2 Å². The second-order valence-corrected chi connectivity index (χ2v) is 7.62. The average Bonchev–Trinajstić information content (AvgIpc) is 3.28. The number of fused-ring (bicyclic) bond motifs is 3. The first-order valence-electron chi connectivity index (χ1n) is 10.4. The van der Waals surface area contributed by atoms with Gasteiger partial charge in [0.15, 0.2) is 0 Å². The minimum absolute atomic E-state index is 0.136. The van der Waals surface area contributed by atoms with Crippen LogP contribution in [0.4, 0.5) is 5.69 Å². The Balaban J connectivity index is 0.000000152. The SMILES string of the molecule is O=C(O)C1=Cc2ccccc2NC1.O=c1[nH]c2ccccc2cc1-c1nc2ccccc2[nH]1. The minimum atomic E-state index is -0.859. The summed E-state index contributed by atoms with van der Waals surface area (Å²) in [4.78, 5) is 33.4. The smallest absolute Gasteiger partial charge is 0.333 e. The lowest BCUT2D eigenvalue weighted by atomic mass is 10.1. The molecule has 2 aromatic heterocycles. The van der Waals surface area contributed by atoms with Gasteiger partial charge in [0.1, 0.15) is 5.82 Å². The fourth-order valence-electron chi connectivity index (χ4n) is 3.75. The number of hydrogen-bond donors (Lipinski definition) is 4. The van der Waals surface area contributed by atoms with Crippen LogP contribution in [-0.2, 0) is 4.79 Å². The molecule has 0 unspecified atom stereocenters. The summed E-state index contributed by atoms with van der Waals surface area (Å²) in [6, 6.07) is 24.9. The number of para-hydroxylation sites is 4. The number of carboxylic acids is 1. The van der Waals surface area contributed by atoms with Crippen molar-refractivity contribution in [2.24, 2.45) is 0 Å². The van der Waals surface area contributed by atoms with Crippen LogP contribution in [-0.4, -0.2) is 32.6 Å².